The van der Waals surface area contributed by atoms with Crippen LogP contribution in [0.5, 0.6) is 0 Å². The number of rotatable bonds is 4. The Morgan fingerprint density at radius 3 is 2.58 bits per heavy atom. The summed E-state index contributed by atoms with van der Waals surface area (Å²) in [6.45, 7) is 5.32. The molecule has 2 atom stereocenters. The molecule has 0 spiro atoms. The summed E-state index contributed by atoms with van der Waals surface area (Å²) < 4.78 is 5.04. The van der Waals surface area contributed by atoms with Gasteiger partial charge in [0.15, 0.2) is 0 Å². The van der Waals surface area contributed by atoms with Gasteiger partial charge < -0.3 is 20.3 Å². The number of piperazine rings is 1. The van der Waals surface area contributed by atoms with Crippen LogP contribution in [0.4, 0.5) is 16.7 Å². The van der Waals surface area contributed by atoms with Crippen molar-refractivity contribution >= 4 is 29.6 Å². The van der Waals surface area contributed by atoms with Crippen LogP contribution >= 0.6 is 11.6 Å². The minimum absolute atomic E-state index is 0.0970. The van der Waals surface area contributed by atoms with Crippen LogP contribution in [0.2, 0.25) is 5.02 Å². The second-order valence-corrected chi connectivity index (χ2v) is 8.83. The van der Waals surface area contributed by atoms with E-state index in [2.05, 4.69) is 44.0 Å². The Balaban J connectivity index is 1.48. The lowest BCUT2D eigenvalue weighted by atomic mass is 9.94. The van der Waals surface area contributed by atoms with Crippen molar-refractivity contribution < 1.29 is 9.53 Å². The molecule has 0 unspecified atom stereocenters. The van der Waals surface area contributed by atoms with E-state index in [0.29, 0.717) is 24.5 Å². The monoisotopic (exact) mass is 447 g/mol. The number of carbonyl (C=O) groups is 1. The number of anilines is 2. The maximum Gasteiger partial charge on any atom is 0.409 e. The first kappa shape index (κ1) is 21.7. The molecule has 31 heavy (non-hydrogen) atoms. The Labute approximate surface area is 187 Å². The predicted octanol–water partition coefficient (Wildman–Crippen LogP) is 2.39. The van der Waals surface area contributed by atoms with Crippen LogP contribution < -0.4 is 10.6 Å². The first-order valence-corrected chi connectivity index (χ1v) is 11.1. The largest absolute Gasteiger partial charge is 0.453 e. The van der Waals surface area contributed by atoms with E-state index in [1.165, 1.54) is 12.7 Å². The topological polar surface area (TPSA) is 104 Å². The molecular formula is C21H30ClN7O2. The summed E-state index contributed by atoms with van der Waals surface area (Å²) >= 11 is 6.07. The van der Waals surface area contributed by atoms with Gasteiger partial charge in [0, 0.05) is 49.3 Å². The van der Waals surface area contributed by atoms with Gasteiger partial charge in [0.1, 0.15) is 0 Å². The normalized spacial score (nSPS) is 23.2. The van der Waals surface area contributed by atoms with Gasteiger partial charge >= 0.3 is 6.09 Å². The number of ether oxygens (including phenoxy) is 1. The number of methoxy groups -OCH3 is 1. The average molecular weight is 448 g/mol. The van der Waals surface area contributed by atoms with Crippen LogP contribution in [0, 0.1) is 0 Å². The molecule has 9 nitrogen and oxygen atoms in total. The summed E-state index contributed by atoms with van der Waals surface area (Å²) in [6.07, 6.45) is 2.62. The van der Waals surface area contributed by atoms with Gasteiger partial charge in [-0.1, -0.05) is 23.7 Å². The second kappa shape index (κ2) is 9.32. The quantitative estimate of drug-likeness (QED) is 0.741. The number of carbonyl (C=O) groups excluding carboxylic acids is 1. The lowest BCUT2D eigenvalue weighted by Gasteiger charge is -2.49. The molecule has 0 aliphatic carbocycles. The van der Waals surface area contributed by atoms with E-state index in [4.69, 9.17) is 22.1 Å². The maximum atomic E-state index is 12.3. The van der Waals surface area contributed by atoms with Crippen LogP contribution in [0.15, 0.2) is 24.3 Å². The molecule has 2 aliphatic rings. The standard InChI is InChI=1S/C21H30ClN7O2/c1-14-12-29(17-7-9-27(10-8-17)20-24-19(23)25-26-20)18(13-28(14)21(30)31-2)11-15-3-5-16(22)6-4-15/h3-6,14,17-18H,7-13H2,1-2H3,(H3,23,24,25,26)/t14-,18-/m0/s1. The molecule has 2 aliphatic heterocycles. The van der Waals surface area contributed by atoms with Crippen molar-refractivity contribution in [3.05, 3.63) is 34.9 Å². The van der Waals surface area contributed by atoms with E-state index in [0.717, 1.165) is 43.9 Å². The van der Waals surface area contributed by atoms with E-state index in [9.17, 15) is 4.79 Å². The summed E-state index contributed by atoms with van der Waals surface area (Å²) in [5, 5.41) is 7.63. The number of aromatic amines is 1. The van der Waals surface area contributed by atoms with Gasteiger partial charge in [0.05, 0.1) is 7.11 Å². The molecule has 2 aromatic rings. The van der Waals surface area contributed by atoms with E-state index < -0.39 is 0 Å². The lowest BCUT2D eigenvalue weighted by Crippen LogP contribution is -2.63. The molecule has 3 N–H and O–H groups in total. The number of H-pyrrole nitrogens is 1. The predicted molar refractivity (Wildman–Crippen MR) is 120 cm³/mol. The van der Waals surface area contributed by atoms with Gasteiger partial charge in [-0.3, -0.25) is 4.90 Å². The molecule has 0 radical (unpaired) electrons. The van der Waals surface area contributed by atoms with Gasteiger partial charge in [-0.25, -0.2) is 9.89 Å². The van der Waals surface area contributed by atoms with Crippen molar-refractivity contribution in [3.63, 3.8) is 0 Å². The highest BCUT2D eigenvalue weighted by atomic mass is 35.5. The van der Waals surface area contributed by atoms with Crippen LogP contribution in [-0.2, 0) is 11.2 Å². The number of hydrogen-bond acceptors (Lipinski definition) is 7. The third kappa shape index (κ3) is 4.88. The van der Waals surface area contributed by atoms with Crippen LogP contribution in [-0.4, -0.2) is 82.5 Å². The average Bonchev–Trinajstić information content (AvgIpc) is 3.22. The van der Waals surface area contributed by atoms with Crippen LogP contribution in [0.3, 0.4) is 0 Å². The lowest BCUT2D eigenvalue weighted by molar-refractivity contribution is 0.00259. The van der Waals surface area contributed by atoms with Crippen LogP contribution in [0.1, 0.15) is 25.3 Å². The van der Waals surface area contributed by atoms with Gasteiger partial charge in [-0.15, -0.1) is 5.10 Å². The smallest absolute Gasteiger partial charge is 0.409 e. The number of amides is 1. The Bertz CT molecular complexity index is 882. The Morgan fingerprint density at radius 2 is 1.97 bits per heavy atom. The summed E-state index contributed by atoms with van der Waals surface area (Å²) in [4.78, 5) is 23.2. The van der Waals surface area contributed by atoms with Gasteiger partial charge in [-0.2, -0.15) is 4.98 Å². The summed E-state index contributed by atoms with van der Waals surface area (Å²) in [7, 11) is 1.45. The van der Waals surface area contributed by atoms with Crippen LogP contribution in [0.25, 0.3) is 0 Å². The number of piperidine rings is 1. The zero-order valence-electron chi connectivity index (χ0n) is 18.0. The molecular weight excluding hydrogens is 418 g/mol. The van der Waals surface area contributed by atoms with E-state index in [1.54, 1.807) is 0 Å². The van der Waals surface area contributed by atoms with Crippen molar-refractivity contribution in [3.8, 4) is 0 Å². The number of nitrogens with two attached hydrogens (primary N) is 1. The van der Waals surface area contributed by atoms with E-state index >= 15 is 0 Å². The fourth-order valence-corrected chi connectivity index (χ4v) is 4.89. The first-order valence-electron chi connectivity index (χ1n) is 10.7. The summed E-state index contributed by atoms with van der Waals surface area (Å²) in [5.41, 5.74) is 6.89. The fraction of sp³-hybridized carbons (Fsp3) is 0.571. The highest BCUT2D eigenvalue weighted by molar-refractivity contribution is 6.30. The first-order chi connectivity index (χ1) is 14.9. The number of nitrogen functional groups attached to an aromatic ring is 1. The van der Waals surface area contributed by atoms with Gasteiger partial charge in [-0.05, 0) is 43.9 Å². The minimum atomic E-state index is -0.259. The number of halogens is 1. The number of nitrogens with zero attached hydrogens (tertiary/aromatic N) is 5. The summed E-state index contributed by atoms with van der Waals surface area (Å²) in [5.74, 6) is 1.01. The molecule has 2 saturated heterocycles. The second-order valence-electron chi connectivity index (χ2n) is 8.39. The van der Waals surface area contributed by atoms with Crippen molar-refractivity contribution in [2.24, 2.45) is 0 Å². The van der Waals surface area contributed by atoms with Crippen molar-refractivity contribution in [2.75, 3.05) is 43.9 Å². The molecule has 4 rings (SSSR count). The van der Waals surface area contributed by atoms with Crippen molar-refractivity contribution in [2.45, 2.75) is 44.3 Å². The zero-order valence-corrected chi connectivity index (χ0v) is 18.8. The molecule has 0 bridgehead atoms. The molecule has 1 amide bonds. The van der Waals surface area contributed by atoms with Gasteiger partial charge in [0.2, 0.25) is 11.9 Å². The molecule has 1 aromatic heterocycles. The Morgan fingerprint density at radius 1 is 1.26 bits per heavy atom. The molecule has 3 heterocycles. The van der Waals surface area contributed by atoms with Crippen molar-refractivity contribution in [1.29, 1.82) is 0 Å². The zero-order chi connectivity index (χ0) is 22.0. The number of benzene rings is 1. The molecule has 2 fully saturated rings. The highest BCUT2D eigenvalue weighted by Crippen LogP contribution is 2.28. The molecule has 1 aromatic carbocycles. The summed E-state index contributed by atoms with van der Waals surface area (Å²) in [6, 6.07) is 8.73. The molecule has 168 valence electrons. The highest BCUT2D eigenvalue weighted by Gasteiger charge is 2.39. The Hall–Kier alpha value is -2.52. The maximum absolute atomic E-state index is 12.3. The fourth-order valence-electron chi connectivity index (χ4n) is 4.76. The third-order valence-electron chi connectivity index (χ3n) is 6.38. The van der Waals surface area contributed by atoms with Gasteiger partial charge in [0.25, 0.3) is 0 Å². The minimum Gasteiger partial charge on any atom is -0.453 e. The van der Waals surface area contributed by atoms with E-state index in [1.807, 2.05) is 17.0 Å². The molecule has 10 heteroatoms. The number of hydrogen-bond donors (Lipinski definition) is 2. The van der Waals surface area contributed by atoms with E-state index in [-0.39, 0.29) is 18.2 Å². The molecule has 0 saturated carbocycles. The SMILES string of the molecule is COC(=O)N1C[C@H](Cc2ccc(Cl)cc2)N(C2CCN(c3n[nH]c(N)n3)CC2)C[C@@H]1C. The Kier molecular flexibility index (Phi) is 6.52. The number of nitrogens with one attached hydrogen (secondary N) is 1. The third-order valence-corrected chi connectivity index (χ3v) is 6.64. The van der Waals surface area contributed by atoms with Crippen molar-refractivity contribution in [1.82, 2.24) is 25.0 Å². The number of aromatic nitrogens is 3.